The number of furan rings is 1. The van der Waals surface area contributed by atoms with Crippen molar-refractivity contribution in [2.45, 2.75) is 40.3 Å². The summed E-state index contributed by atoms with van der Waals surface area (Å²) in [4.78, 5) is 4.56. The lowest BCUT2D eigenvalue weighted by Gasteiger charge is -2.14. The Balaban J connectivity index is 1.87. The topological polar surface area (TPSA) is 80.3 Å². The largest absolute Gasteiger partial charge is 0.467 e. The molecule has 0 aliphatic carbocycles. The van der Waals surface area contributed by atoms with E-state index in [9.17, 15) is 0 Å². The molecule has 0 aliphatic rings. The van der Waals surface area contributed by atoms with Gasteiger partial charge in [-0.15, -0.1) is 10.2 Å². The Morgan fingerprint density at radius 2 is 2.26 bits per heavy atom. The lowest BCUT2D eigenvalue weighted by Crippen LogP contribution is -2.40. The molecule has 0 bridgehead atoms. The predicted molar refractivity (Wildman–Crippen MR) is 90.1 cm³/mol. The first-order chi connectivity index (χ1) is 11.2. The van der Waals surface area contributed by atoms with Crippen LogP contribution in [-0.4, -0.2) is 33.8 Å². The van der Waals surface area contributed by atoms with Crippen molar-refractivity contribution in [3.05, 3.63) is 36.3 Å². The molecule has 7 nitrogen and oxygen atoms in total. The van der Waals surface area contributed by atoms with E-state index in [-0.39, 0.29) is 0 Å². The van der Waals surface area contributed by atoms with Gasteiger partial charge in [0.1, 0.15) is 24.5 Å². The highest BCUT2D eigenvalue weighted by Crippen LogP contribution is 2.01. The Morgan fingerprint density at radius 1 is 1.39 bits per heavy atom. The normalized spacial score (nSPS) is 11.9. The number of nitrogens with one attached hydrogen (secondary N) is 2. The van der Waals surface area contributed by atoms with E-state index in [2.05, 4.69) is 51.2 Å². The molecule has 2 aromatic heterocycles. The number of rotatable bonds is 8. The smallest absolute Gasteiger partial charge is 0.191 e. The molecular weight excluding hydrogens is 292 g/mol. The van der Waals surface area contributed by atoms with Gasteiger partial charge in [0.05, 0.1) is 6.26 Å². The Bertz CT molecular complexity index is 587. The fourth-order valence-corrected chi connectivity index (χ4v) is 2.07. The van der Waals surface area contributed by atoms with E-state index in [4.69, 9.17) is 4.42 Å². The molecule has 2 aromatic rings. The lowest BCUT2D eigenvalue weighted by molar-refractivity contribution is 0.511. The fraction of sp³-hybridized carbons (Fsp3) is 0.562. The third kappa shape index (κ3) is 5.77. The van der Waals surface area contributed by atoms with Gasteiger partial charge in [0.25, 0.3) is 0 Å². The zero-order chi connectivity index (χ0) is 16.5. The van der Waals surface area contributed by atoms with Crippen LogP contribution in [0.25, 0.3) is 0 Å². The molecule has 23 heavy (non-hydrogen) atoms. The highest BCUT2D eigenvalue weighted by Gasteiger charge is 2.04. The summed E-state index contributed by atoms with van der Waals surface area (Å²) in [6.07, 6.45) is 4.31. The van der Waals surface area contributed by atoms with Gasteiger partial charge in [-0.05, 0) is 18.1 Å². The standard InChI is InChI=1S/C16H26N6O/c1-4-15-21-20-12-22(15)8-7-17-16(18-10-13(2)3)19-11-14-6-5-9-23-14/h5-6,9,12-13H,4,7-8,10-11H2,1-3H3,(H2,17,18,19). The van der Waals surface area contributed by atoms with E-state index in [1.807, 2.05) is 12.1 Å². The maximum atomic E-state index is 5.32. The number of aliphatic imine (C=N–C) groups is 1. The predicted octanol–water partition coefficient (Wildman–Crippen LogP) is 1.82. The maximum Gasteiger partial charge on any atom is 0.191 e. The molecule has 7 heteroatoms. The molecule has 0 aromatic carbocycles. The van der Waals surface area contributed by atoms with E-state index < -0.39 is 0 Å². The van der Waals surface area contributed by atoms with Crippen LogP contribution in [0.3, 0.4) is 0 Å². The van der Waals surface area contributed by atoms with E-state index in [0.29, 0.717) is 12.5 Å². The minimum absolute atomic E-state index is 0.521. The molecule has 0 fully saturated rings. The molecule has 126 valence electrons. The van der Waals surface area contributed by atoms with Crippen molar-refractivity contribution in [3.63, 3.8) is 0 Å². The van der Waals surface area contributed by atoms with Crippen LogP contribution in [0, 0.1) is 5.92 Å². The van der Waals surface area contributed by atoms with Crippen LogP contribution in [0.4, 0.5) is 0 Å². The molecule has 0 saturated heterocycles. The van der Waals surface area contributed by atoms with E-state index >= 15 is 0 Å². The summed E-state index contributed by atoms with van der Waals surface area (Å²) >= 11 is 0. The number of aromatic nitrogens is 3. The molecule has 0 amide bonds. The third-order valence-electron chi connectivity index (χ3n) is 3.31. The Kier molecular flexibility index (Phi) is 6.65. The number of nitrogens with zero attached hydrogens (tertiary/aromatic N) is 4. The molecule has 0 unspecified atom stereocenters. The van der Waals surface area contributed by atoms with Crippen LogP contribution in [0.2, 0.25) is 0 Å². The highest BCUT2D eigenvalue weighted by molar-refractivity contribution is 5.79. The summed E-state index contributed by atoms with van der Waals surface area (Å²) < 4.78 is 7.38. The molecule has 2 rings (SSSR count). The second-order valence-corrected chi connectivity index (χ2v) is 5.74. The van der Waals surface area contributed by atoms with E-state index in [1.54, 1.807) is 12.6 Å². The third-order valence-corrected chi connectivity index (χ3v) is 3.31. The molecule has 0 spiro atoms. The van der Waals surface area contributed by atoms with E-state index in [0.717, 1.165) is 43.6 Å². The minimum Gasteiger partial charge on any atom is -0.467 e. The van der Waals surface area contributed by atoms with Crippen LogP contribution in [-0.2, 0) is 19.5 Å². The Hall–Kier alpha value is -2.31. The first-order valence-electron chi connectivity index (χ1n) is 8.10. The summed E-state index contributed by atoms with van der Waals surface area (Å²) in [5.74, 6) is 3.19. The Morgan fingerprint density at radius 3 is 2.96 bits per heavy atom. The average molecular weight is 318 g/mol. The van der Waals surface area contributed by atoms with Gasteiger partial charge in [-0.25, -0.2) is 4.99 Å². The zero-order valence-electron chi connectivity index (χ0n) is 14.1. The molecule has 2 heterocycles. The quantitative estimate of drug-likeness (QED) is 0.573. The van der Waals surface area contributed by atoms with Crippen molar-refractivity contribution in [1.29, 1.82) is 0 Å². The summed E-state index contributed by atoms with van der Waals surface area (Å²) in [6.45, 7) is 9.37. The SMILES string of the molecule is CCc1nncn1CCNC(=NCc1ccco1)NCC(C)C. The van der Waals surface area contributed by atoms with Gasteiger partial charge in [0.2, 0.25) is 0 Å². The van der Waals surface area contributed by atoms with Crippen molar-refractivity contribution in [3.8, 4) is 0 Å². The van der Waals surface area contributed by atoms with Gasteiger partial charge in [0, 0.05) is 26.1 Å². The van der Waals surface area contributed by atoms with Gasteiger partial charge in [0.15, 0.2) is 5.96 Å². The molecule has 0 aliphatic heterocycles. The maximum absolute atomic E-state index is 5.32. The zero-order valence-corrected chi connectivity index (χ0v) is 14.1. The summed E-state index contributed by atoms with van der Waals surface area (Å²) in [5, 5.41) is 14.7. The molecule has 2 N–H and O–H groups in total. The van der Waals surface area contributed by atoms with Crippen molar-refractivity contribution >= 4 is 5.96 Å². The molecule has 0 radical (unpaired) electrons. The van der Waals surface area contributed by atoms with Gasteiger partial charge >= 0.3 is 0 Å². The number of hydrogen-bond donors (Lipinski definition) is 2. The van der Waals surface area contributed by atoms with Gasteiger partial charge < -0.3 is 19.6 Å². The van der Waals surface area contributed by atoms with Crippen molar-refractivity contribution < 1.29 is 4.42 Å². The van der Waals surface area contributed by atoms with Crippen LogP contribution in [0.5, 0.6) is 0 Å². The van der Waals surface area contributed by atoms with Gasteiger partial charge in [-0.3, -0.25) is 0 Å². The summed E-state index contributed by atoms with van der Waals surface area (Å²) in [7, 11) is 0. The number of hydrogen-bond acceptors (Lipinski definition) is 4. The molecule has 0 saturated carbocycles. The fourth-order valence-electron chi connectivity index (χ4n) is 2.07. The van der Waals surface area contributed by atoms with Crippen LogP contribution in [0.15, 0.2) is 34.1 Å². The second-order valence-electron chi connectivity index (χ2n) is 5.74. The van der Waals surface area contributed by atoms with Crippen LogP contribution in [0.1, 0.15) is 32.4 Å². The first-order valence-corrected chi connectivity index (χ1v) is 8.10. The second kappa shape index (κ2) is 8.97. The average Bonchev–Trinajstić information content (AvgIpc) is 3.20. The van der Waals surface area contributed by atoms with E-state index in [1.165, 1.54) is 0 Å². The van der Waals surface area contributed by atoms with Crippen LogP contribution < -0.4 is 10.6 Å². The monoisotopic (exact) mass is 318 g/mol. The van der Waals surface area contributed by atoms with Crippen LogP contribution >= 0.6 is 0 Å². The van der Waals surface area contributed by atoms with Crippen molar-refractivity contribution in [2.75, 3.05) is 13.1 Å². The molecular formula is C16H26N6O. The van der Waals surface area contributed by atoms with Crippen molar-refractivity contribution in [2.24, 2.45) is 10.9 Å². The number of guanidine groups is 1. The Labute approximate surface area is 137 Å². The highest BCUT2D eigenvalue weighted by atomic mass is 16.3. The minimum atomic E-state index is 0.521. The van der Waals surface area contributed by atoms with Gasteiger partial charge in [-0.2, -0.15) is 0 Å². The first kappa shape index (κ1) is 17.1. The van der Waals surface area contributed by atoms with Crippen molar-refractivity contribution in [1.82, 2.24) is 25.4 Å². The molecule has 0 atom stereocenters. The lowest BCUT2D eigenvalue weighted by atomic mass is 10.2. The summed E-state index contributed by atoms with van der Waals surface area (Å²) in [6, 6.07) is 3.80. The number of aryl methyl sites for hydroxylation is 1. The van der Waals surface area contributed by atoms with Gasteiger partial charge in [-0.1, -0.05) is 20.8 Å². The summed E-state index contributed by atoms with van der Waals surface area (Å²) in [5.41, 5.74) is 0.